The van der Waals surface area contributed by atoms with Gasteiger partial charge in [-0.15, -0.1) is 0 Å². The third-order valence-electron chi connectivity index (χ3n) is 1.93. The zero-order chi connectivity index (χ0) is 13.6. The van der Waals surface area contributed by atoms with Gasteiger partial charge in [-0.05, 0) is 51.5 Å². The van der Waals surface area contributed by atoms with E-state index in [1.807, 2.05) is 27.7 Å². The second kappa shape index (κ2) is 6.40. The van der Waals surface area contributed by atoms with Crippen molar-refractivity contribution in [2.24, 2.45) is 0 Å². The summed E-state index contributed by atoms with van der Waals surface area (Å²) in [5.74, 6) is 0.233. The van der Waals surface area contributed by atoms with Gasteiger partial charge in [-0.25, -0.2) is 4.79 Å². The lowest BCUT2D eigenvalue weighted by atomic mass is 10.2. The van der Waals surface area contributed by atoms with Gasteiger partial charge >= 0.3 is 5.97 Å². The maximum Gasteiger partial charge on any atom is 0.373 e. The molecule has 100 valence electrons. The van der Waals surface area contributed by atoms with Gasteiger partial charge in [0.1, 0.15) is 11.4 Å². The molecule has 0 unspecified atom stereocenters. The SMILES string of the molecule is CCCOc1ccc(C(=O)OOC(C)(C)C)cc1. The Kier molecular flexibility index (Phi) is 5.16. The van der Waals surface area contributed by atoms with Crippen molar-refractivity contribution in [3.63, 3.8) is 0 Å². The van der Waals surface area contributed by atoms with E-state index in [0.717, 1.165) is 12.2 Å². The van der Waals surface area contributed by atoms with E-state index in [9.17, 15) is 4.79 Å². The number of carbonyl (C=O) groups excluding carboxylic acids is 1. The van der Waals surface area contributed by atoms with Gasteiger partial charge in [-0.1, -0.05) is 6.92 Å². The molecule has 0 heterocycles. The normalized spacial score (nSPS) is 11.1. The summed E-state index contributed by atoms with van der Waals surface area (Å²) >= 11 is 0. The van der Waals surface area contributed by atoms with Crippen LogP contribution in [0.4, 0.5) is 0 Å². The topological polar surface area (TPSA) is 44.8 Å². The van der Waals surface area contributed by atoms with Crippen LogP contribution >= 0.6 is 0 Å². The maximum absolute atomic E-state index is 11.6. The minimum atomic E-state index is -0.514. The number of benzene rings is 1. The number of hydrogen-bond acceptors (Lipinski definition) is 4. The van der Waals surface area contributed by atoms with Crippen LogP contribution in [0, 0.1) is 0 Å². The highest BCUT2D eigenvalue weighted by Crippen LogP contribution is 2.14. The van der Waals surface area contributed by atoms with Crippen LogP contribution in [0.25, 0.3) is 0 Å². The van der Waals surface area contributed by atoms with E-state index in [1.165, 1.54) is 0 Å². The van der Waals surface area contributed by atoms with Crippen molar-refractivity contribution < 1.29 is 19.3 Å². The Bertz CT molecular complexity index is 376. The smallest absolute Gasteiger partial charge is 0.373 e. The first-order valence-corrected chi connectivity index (χ1v) is 6.05. The van der Waals surface area contributed by atoms with E-state index in [2.05, 4.69) is 0 Å². The summed E-state index contributed by atoms with van der Waals surface area (Å²) in [6.07, 6.45) is 0.948. The highest BCUT2D eigenvalue weighted by molar-refractivity contribution is 5.89. The molecule has 0 aliphatic rings. The first-order valence-electron chi connectivity index (χ1n) is 6.05. The Labute approximate surface area is 108 Å². The van der Waals surface area contributed by atoms with Crippen molar-refractivity contribution in [1.29, 1.82) is 0 Å². The van der Waals surface area contributed by atoms with E-state index >= 15 is 0 Å². The number of carbonyl (C=O) groups is 1. The second-order valence-electron chi connectivity index (χ2n) is 4.94. The molecule has 18 heavy (non-hydrogen) atoms. The Balaban J connectivity index is 2.54. The van der Waals surface area contributed by atoms with Gasteiger partial charge in [0.25, 0.3) is 0 Å². The molecule has 1 aromatic carbocycles. The van der Waals surface area contributed by atoms with Crippen LogP contribution < -0.4 is 4.74 Å². The van der Waals surface area contributed by atoms with Crippen molar-refractivity contribution in [3.05, 3.63) is 29.8 Å². The molecule has 0 amide bonds. The van der Waals surface area contributed by atoms with Crippen LogP contribution in [0.2, 0.25) is 0 Å². The first-order chi connectivity index (χ1) is 8.42. The predicted octanol–water partition coefficient (Wildman–Crippen LogP) is 3.36. The van der Waals surface area contributed by atoms with Gasteiger partial charge in [0.15, 0.2) is 0 Å². The molecule has 0 spiro atoms. The third-order valence-corrected chi connectivity index (χ3v) is 1.93. The number of rotatable bonds is 5. The van der Waals surface area contributed by atoms with Crippen LogP contribution in [0.1, 0.15) is 44.5 Å². The minimum absolute atomic E-state index is 0.433. The van der Waals surface area contributed by atoms with Crippen molar-refractivity contribution in [1.82, 2.24) is 0 Å². The third kappa shape index (κ3) is 5.19. The summed E-state index contributed by atoms with van der Waals surface area (Å²) in [6, 6.07) is 6.78. The van der Waals surface area contributed by atoms with E-state index < -0.39 is 11.6 Å². The summed E-state index contributed by atoms with van der Waals surface area (Å²) in [5, 5.41) is 0. The quantitative estimate of drug-likeness (QED) is 0.595. The van der Waals surface area contributed by atoms with Gasteiger partial charge in [0.05, 0.1) is 12.2 Å². The molecule has 0 radical (unpaired) electrons. The van der Waals surface area contributed by atoms with Gasteiger partial charge < -0.3 is 4.74 Å². The molecule has 0 N–H and O–H groups in total. The number of hydrogen-bond donors (Lipinski definition) is 0. The number of ether oxygens (including phenoxy) is 1. The molecule has 4 heteroatoms. The second-order valence-corrected chi connectivity index (χ2v) is 4.94. The minimum Gasteiger partial charge on any atom is -0.494 e. The molecule has 0 atom stereocenters. The fourth-order valence-electron chi connectivity index (χ4n) is 1.12. The molecule has 1 rings (SSSR count). The molecule has 0 saturated heterocycles. The monoisotopic (exact) mass is 252 g/mol. The summed E-state index contributed by atoms with van der Waals surface area (Å²) < 4.78 is 5.42. The highest BCUT2D eigenvalue weighted by Gasteiger charge is 2.16. The fourth-order valence-corrected chi connectivity index (χ4v) is 1.12. The Morgan fingerprint density at radius 3 is 2.28 bits per heavy atom. The van der Waals surface area contributed by atoms with Crippen LogP contribution in [-0.2, 0) is 9.78 Å². The zero-order valence-electron chi connectivity index (χ0n) is 11.4. The maximum atomic E-state index is 11.6. The fraction of sp³-hybridized carbons (Fsp3) is 0.500. The average molecular weight is 252 g/mol. The Hall–Kier alpha value is -1.55. The molecule has 0 aliphatic heterocycles. The molecule has 0 fully saturated rings. The van der Waals surface area contributed by atoms with Crippen LogP contribution in [0.3, 0.4) is 0 Å². The van der Waals surface area contributed by atoms with Crippen LogP contribution in [0.15, 0.2) is 24.3 Å². The van der Waals surface area contributed by atoms with E-state index in [4.69, 9.17) is 14.5 Å². The largest absolute Gasteiger partial charge is 0.494 e. The van der Waals surface area contributed by atoms with Gasteiger partial charge in [0.2, 0.25) is 0 Å². The lowest BCUT2D eigenvalue weighted by Gasteiger charge is -2.16. The molecule has 1 aromatic rings. The summed E-state index contributed by atoms with van der Waals surface area (Å²) in [4.78, 5) is 21.3. The summed E-state index contributed by atoms with van der Waals surface area (Å²) in [6.45, 7) is 8.12. The zero-order valence-corrected chi connectivity index (χ0v) is 11.4. The Morgan fingerprint density at radius 1 is 1.17 bits per heavy atom. The molecular formula is C14H20O4. The molecule has 0 aliphatic carbocycles. The van der Waals surface area contributed by atoms with Crippen molar-refractivity contribution in [2.75, 3.05) is 6.61 Å². The average Bonchev–Trinajstić information content (AvgIpc) is 2.33. The standard InChI is InChI=1S/C14H20O4/c1-5-10-16-12-8-6-11(7-9-12)13(15)17-18-14(2,3)4/h6-9H,5,10H2,1-4H3. The van der Waals surface area contributed by atoms with Crippen molar-refractivity contribution >= 4 is 5.97 Å². The molecule has 0 aromatic heterocycles. The van der Waals surface area contributed by atoms with Gasteiger partial charge in [0, 0.05) is 0 Å². The lowest BCUT2D eigenvalue weighted by Crippen LogP contribution is -2.21. The van der Waals surface area contributed by atoms with Crippen LogP contribution in [0.5, 0.6) is 5.75 Å². The van der Waals surface area contributed by atoms with Crippen LogP contribution in [-0.4, -0.2) is 18.2 Å². The van der Waals surface area contributed by atoms with Gasteiger partial charge in [-0.2, -0.15) is 4.89 Å². The molecular weight excluding hydrogens is 232 g/mol. The van der Waals surface area contributed by atoms with E-state index in [-0.39, 0.29) is 0 Å². The predicted molar refractivity (Wildman–Crippen MR) is 68.5 cm³/mol. The van der Waals surface area contributed by atoms with Crippen molar-refractivity contribution in [2.45, 2.75) is 39.7 Å². The molecule has 4 nitrogen and oxygen atoms in total. The van der Waals surface area contributed by atoms with E-state index in [0.29, 0.717) is 12.2 Å². The van der Waals surface area contributed by atoms with Crippen molar-refractivity contribution in [3.8, 4) is 5.75 Å². The Morgan fingerprint density at radius 2 is 1.78 bits per heavy atom. The first kappa shape index (κ1) is 14.5. The summed E-state index contributed by atoms with van der Waals surface area (Å²) in [7, 11) is 0. The van der Waals surface area contributed by atoms with E-state index in [1.54, 1.807) is 24.3 Å². The highest BCUT2D eigenvalue weighted by atomic mass is 17.2. The molecule has 0 bridgehead atoms. The molecule has 0 saturated carbocycles. The summed E-state index contributed by atoms with van der Waals surface area (Å²) in [5.41, 5.74) is -0.0806. The lowest BCUT2D eigenvalue weighted by molar-refractivity contribution is -0.301. The van der Waals surface area contributed by atoms with Gasteiger partial charge in [-0.3, -0.25) is 4.89 Å².